The molecule has 0 unspecified atom stereocenters. The SMILES string of the molecule is Cc1cccc2cc([C@H](C)Nc3cc(N=C=N)nc4ccnn34)n(-c3ccccc3)c(=O)c12. The number of anilines is 1. The summed E-state index contributed by atoms with van der Waals surface area (Å²) in [7, 11) is 0. The predicted octanol–water partition coefficient (Wildman–Crippen LogP) is 4.90. The summed E-state index contributed by atoms with van der Waals surface area (Å²) in [5.74, 6) is 0.991. The van der Waals surface area contributed by atoms with Crippen molar-refractivity contribution in [1.29, 1.82) is 5.41 Å². The van der Waals surface area contributed by atoms with Gasteiger partial charge in [-0.15, -0.1) is 0 Å². The number of aryl methyl sites for hydroxylation is 1. The number of aromatic nitrogens is 4. The number of para-hydroxylation sites is 1. The van der Waals surface area contributed by atoms with E-state index in [1.54, 1.807) is 27.4 Å². The van der Waals surface area contributed by atoms with Gasteiger partial charge in [-0.3, -0.25) is 9.36 Å². The summed E-state index contributed by atoms with van der Waals surface area (Å²) in [5, 5.41) is 16.6. The molecule has 2 N–H and O–H groups in total. The van der Waals surface area contributed by atoms with Crippen molar-refractivity contribution in [2.45, 2.75) is 19.9 Å². The Kier molecular flexibility index (Phi) is 5.05. The van der Waals surface area contributed by atoms with E-state index in [0.717, 1.165) is 22.3 Å². The molecule has 0 saturated heterocycles. The first-order valence-corrected chi connectivity index (χ1v) is 10.5. The van der Waals surface area contributed by atoms with Gasteiger partial charge in [0.1, 0.15) is 5.82 Å². The Hall–Kier alpha value is -4.55. The van der Waals surface area contributed by atoms with Crippen molar-refractivity contribution >= 4 is 34.1 Å². The highest BCUT2D eigenvalue weighted by molar-refractivity contribution is 5.85. The van der Waals surface area contributed by atoms with Gasteiger partial charge < -0.3 is 5.32 Å². The molecule has 162 valence electrons. The molecular weight excluding hydrogens is 414 g/mol. The zero-order valence-corrected chi connectivity index (χ0v) is 18.1. The summed E-state index contributed by atoms with van der Waals surface area (Å²) < 4.78 is 3.42. The van der Waals surface area contributed by atoms with Crippen LogP contribution < -0.4 is 10.9 Å². The third kappa shape index (κ3) is 3.58. The van der Waals surface area contributed by atoms with E-state index in [-0.39, 0.29) is 11.6 Å². The number of fused-ring (bicyclic) bond motifs is 2. The molecular formula is C25H21N7O. The van der Waals surface area contributed by atoms with Crippen molar-refractivity contribution in [3.63, 3.8) is 0 Å². The molecule has 5 aromatic rings. The fourth-order valence-electron chi connectivity index (χ4n) is 4.13. The standard InChI is InChI=1S/C25H21N7O/c1-16-7-6-8-18-13-20(31(25(33)24(16)18)19-9-4-3-5-10-19)17(2)29-23-14-21(27-15-26)30-22-11-12-28-32(22)23/h3-14,17,26,29H,1-2H3/t17-/m0/s1. The minimum atomic E-state index is -0.269. The first-order chi connectivity index (χ1) is 16.1. The fraction of sp³-hybridized carbons (Fsp3) is 0.120. The largest absolute Gasteiger partial charge is 0.362 e. The monoisotopic (exact) mass is 435 g/mol. The highest BCUT2D eigenvalue weighted by atomic mass is 16.1. The lowest BCUT2D eigenvalue weighted by atomic mass is 10.0. The molecule has 0 aliphatic rings. The molecule has 0 fully saturated rings. The summed E-state index contributed by atoms with van der Waals surface area (Å²) >= 11 is 0. The van der Waals surface area contributed by atoms with Crippen molar-refractivity contribution in [2.75, 3.05) is 5.32 Å². The molecule has 0 radical (unpaired) electrons. The van der Waals surface area contributed by atoms with Crippen LogP contribution in [0.5, 0.6) is 0 Å². The lowest BCUT2D eigenvalue weighted by molar-refractivity contribution is 0.763. The second-order valence-corrected chi connectivity index (χ2v) is 7.77. The minimum absolute atomic E-state index is 0.0616. The molecule has 0 aliphatic heterocycles. The van der Waals surface area contributed by atoms with Gasteiger partial charge in [-0.2, -0.15) is 14.6 Å². The second kappa shape index (κ2) is 8.18. The molecule has 8 heteroatoms. The Bertz CT molecular complexity index is 1590. The van der Waals surface area contributed by atoms with E-state index in [1.165, 1.54) is 0 Å². The molecule has 2 aromatic carbocycles. The molecule has 1 atom stereocenters. The van der Waals surface area contributed by atoms with Crippen LogP contribution in [0.3, 0.4) is 0 Å². The Morgan fingerprint density at radius 1 is 1.09 bits per heavy atom. The van der Waals surface area contributed by atoms with Crippen molar-refractivity contribution in [3.05, 3.63) is 94.5 Å². The summed E-state index contributed by atoms with van der Waals surface area (Å²) in [6, 6.07) is 22.8. The topological polar surface area (TPSA) is 100 Å². The van der Waals surface area contributed by atoms with E-state index in [1.807, 2.05) is 74.5 Å². The molecule has 0 bridgehead atoms. The smallest absolute Gasteiger partial charge is 0.263 e. The zero-order chi connectivity index (χ0) is 22.9. The number of hydrogen-bond donors (Lipinski definition) is 2. The molecule has 5 rings (SSSR count). The van der Waals surface area contributed by atoms with E-state index in [9.17, 15) is 4.79 Å². The zero-order valence-electron chi connectivity index (χ0n) is 18.1. The number of rotatable bonds is 5. The van der Waals surface area contributed by atoms with Crippen LogP contribution in [0.25, 0.3) is 22.1 Å². The maximum atomic E-state index is 13.7. The number of benzene rings is 2. The van der Waals surface area contributed by atoms with Crippen molar-refractivity contribution in [2.24, 2.45) is 4.99 Å². The highest BCUT2D eigenvalue weighted by Gasteiger charge is 2.18. The maximum Gasteiger partial charge on any atom is 0.263 e. The van der Waals surface area contributed by atoms with Gasteiger partial charge in [-0.05, 0) is 43.0 Å². The lowest BCUT2D eigenvalue weighted by Gasteiger charge is -2.22. The molecule has 0 spiro atoms. The summed E-state index contributed by atoms with van der Waals surface area (Å²) in [4.78, 5) is 21.9. The van der Waals surface area contributed by atoms with Gasteiger partial charge in [-0.1, -0.05) is 36.4 Å². The third-order valence-electron chi connectivity index (χ3n) is 5.62. The third-order valence-corrected chi connectivity index (χ3v) is 5.62. The van der Waals surface area contributed by atoms with Crippen LogP contribution in [0.4, 0.5) is 11.6 Å². The fourth-order valence-corrected chi connectivity index (χ4v) is 4.13. The molecule has 3 aromatic heterocycles. The predicted molar refractivity (Wildman–Crippen MR) is 129 cm³/mol. The molecule has 33 heavy (non-hydrogen) atoms. The van der Waals surface area contributed by atoms with Crippen LogP contribution >= 0.6 is 0 Å². The van der Waals surface area contributed by atoms with E-state index in [2.05, 4.69) is 20.4 Å². The number of hydrogen-bond acceptors (Lipinski definition) is 6. The van der Waals surface area contributed by atoms with Crippen LogP contribution in [0.2, 0.25) is 0 Å². The van der Waals surface area contributed by atoms with E-state index >= 15 is 0 Å². The molecule has 8 nitrogen and oxygen atoms in total. The van der Waals surface area contributed by atoms with Gasteiger partial charge in [0.2, 0.25) is 0 Å². The van der Waals surface area contributed by atoms with Gasteiger partial charge in [0.05, 0.1) is 23.6 Å². The van der Waals surface area contributed by atoms with Crippen LogP contribution in [0.15, 0.2) is 82.7 Å². The first kappa shape index (κ1) is 20.4. The van der Waals surface area contributed by atoms with Crippen molar-refractivity contribution in [1.82, 2.24) is 19.2 Å². The normalized spacial score (nSPS) is 11.9. The Balaban J connectivity index is 1.70. The molecule has 0 saturated carbocycles. The average molecular weight is 435 g/mol. The van der Waals surface area contributed by atoms with Crippen molar-refractivity contribution < 1.29 is 0 Å². The number of nitrogens with one attached hydrogen (secondary N) is 2. The van der Waals surface area contributed by atoms with Gasteiger partial charge in [0.25, 0.3) is 5.56 Å². The number of nitrogens with zero attached hydrogens (tertiary/aromatic N) is 5. The minimum Gasteiger partial charge on any atom is -0.362 e. The van der Waals surface area contributed by atoms with Crippen LogP contribution in [0, 0.1) is 12.3 Å². The van der Waals surface area contributed by atoms with Crippen LogP contribution in [-0.4, -0.2) is 25.2 Å². The molecule has 3 heterocycles. The summed E-state index contributed by atoms with van der Waals surface area (Å²) in [6.45, 7) is 3.95. The van der Waals surface area contributed by atoms with E-state index < -0.39 is 0 Å². The summed E-state index contributed by atoms with van der Waals surface area (Å²) in [6.07, 6.45) is 1.65. The quantitative estimate of drug-likeness (QED) is 0.384. The van der Waals surface area contributed by atoms with Gasteiger partial charge in [0, 0.05) is 23.5 Å². The van der Waals surface area contributed by atoms with E-state index in [4.69, 9.17) is 5.41 Å². The molecule has 0 amide bonds. The lowest BCUT2D eigenvalue weighted by Crippen LogP contribution is -2.26. The molecule has 0 aliphatic carbocycles. The Labute approximate surface area is 189 Å². The number of aliphatic imine (C=N–C) groups is 1. The summed E-state index contributed by atoms with van der Waals surface area (Å²) in [5.41, 5.74) is 3.07. The van der Waals surface area contributed by atoms with Crippen LogP contribution in [-0.2, 0) is 0 Å². The van der Waals surface area contributed by atoms with Crippen LogP contribution in [0.1, 0.15) is 24.2 Å². The first-order valence-electron chi connectivity index (χ1n) is 10.5. The van der Waals surface area contributed by atoms with Gasteiger partial charge >= 0.3 is 0 Å². The number of pyridine rings is 1. The Morgan fingerprint density at radius 3 is 2.70 bits per heavy atom. The van der Waals surface area contributed by atoms with Crippen molar-refractivity contribution in [3.8, 4) is 5.69 Å². The average Bonchev–Trinajstić information content (AvgIpc) is 3.28. The van der Waals surface area contributed by atoms with Gasteiger partial charge in [-0.25, -0.2) is 10.4 Å². The van der Waals surface area contributed by atoms with E-state index in [0.29, 0.717) is 22.7 Å². The maximum absolute atomic E-state index is 13.7. The Morgan fingerprint density at radius 2 is 1.91 bits per heavy atom. The highest BCUT2D eigenvalue weighted by Crippen LogP contribution is 2.27. The second-order valence-electron chi connectivity index (χ2n) is 7.77. The van der Waals surface area contributed by atoms with Gasteiger partial charge in [0.15, 0.2) is 11.5 Å².